The topological polar surface area (TPSA) is 59.4 Å². The van der Waals surface area contributed by atoms with E-state index in [1.165, 1.54) is 0 Å². The monoisotopic (exact) mass is 255 g/mol. The van der Waals surface area contributed by atoms with Gasteiger partial charge in [-0.3, -0.25) is 0 Å². The van der Waals surface area contributed by atoms with E-state index in [1.807, 2.05) is 0 Å². The highest BCUT2D eigenvalue weighted by Crippen LogP contribution is 2.23. The van der Waals surface area contributed by atoms with Crippen molar-refractivity contribution in [3.63, 3.8) is 0 Å². The number of hydrogen-bond acceptors (Lipinski definition) is 3. The zero-order chi connectivity index (χ0) is 12.3. The van der Waals surface area contributed by atoms with Gasteiger partial charge in [0.2, 0.25) is 0 Å². The van der Waals surface area contributed by atoms with Gasteiger partial charge in [0.1, 0.15) is 10.7 Å². The fourth-order valence-corrected chi connectivity index (χ4v) is 1.02. The second-order valence-electron chi connectivity index (χ2n) is 2.71. The Balaban J connectivity index is 2.91. The van der Waals surface area contributed by atoms with Gasteiger partial charge < -0.3 is 9.84 Å². The van der Waals surface area contributed by atoms with Crippen LogP contribution in [0.3, 0.4) is 0 Å². The fraction of sp³-hybridized carbons (Fsp3) is 0.250. The molecule has 1 aromatic rings. The standard InChI is InChI=1S/C8H5ClF3NO3/c9-6-1-4(7(14)15)5(2-13-6)16-3-8(10,11)12/h1-2H,3H2,(H,14,15). The highest BCUT2D eigenvalue weighted by atomic mass is 35.5. The first-order chi connectivity index (χ1) is 7.29. The second-order valence-corrected chi connectivity index (χ2v) is 3.10. The largest absolute Gasteiger partial charge is 0.482 e. The van der Waals surface area contributed by atoms with E-state index in [2.05, 4.69) is 9.72 Å². The first-order valence-electron chi connectivity index (χ1n) is 3.88. The zero-order valence-electron chi connectivity index (χ0n) is 7.58. The first-order valence-corrected chi connectivity index (χ1v) is 4.26. The molecule has 0 saturated carbocycles. The quantitative estimate of drug-likeness (QED) is 0.843. The van der Waals surface area contributed by atoms with Crippen molar-refractivity contribution >= 4 is 17.6 Å². The second kappa shape index (κ2) is 4.56. The van der Waals surface area contributed by atoms with Crippen LogP contribution in [0.2, 0.25) is 5.15 Å². The molecule has 0 fully saturated rings. The number of nitrogens with zero attached hydrogens (tertiary/aromatic N) is 1. The van der Waals surface area contributed by atoms with Crippen molar-refractivity contribution in [3.05, 3.63) is 23.0 Å². The molecule has 0 unspecified atom stereocenters. The molecule has 8 heteroatoms. The Kier molecular flexibility index (Phi) is 3.58. The van der Waals surface area contributed by atoms with Crippen LogP contribution in [-0.4, -0.2) is 28.8 Å². The number of aromatic nitrogens is 1. The highest BCUT2D eigenvalue weighted by Gasteiger charge is 2.29. The molecule has 0 aromatic carbocycles. The molecule has 1 rings (SSSR count). The summed E-state index contributed by atoms with van der Waals surface area (Å²) in [5, 5.41) is 8.53. The summed E-state index contributed by atoms with van der Waals surface area (Å²) in [7, 11) is 0. The number of carboxylic acids is 1. The van der Waals surface area contributed by atoms with Gasteiger partial charge in [0.25, 0.3) is 0 Å². The molecule has 1 N–H and O–H groups in total. The third kappa shape index (κ3) is 3.58. The van der Waals surface area contributed by atoms with Crippen molar-refractivity contribution < 1.29 is 27.8 Å². The van der Waals surface area contributed by atoms with Gasteiger partial charge in [-0.15, -0.1) is 0 Å². The Labute approximate surface area is 92.6 Å². The summed E-state index contributed by atoms with van der Waals surface area (Å²) in [4.78, 5) is 14.1. The van der Waals surface area contributed by atoms with Gasteiger partial charge in [-0.05, 0) is 6.07 Å². The highest BCUT2D eigenvalue weighted by molar-refractivity contribution is 6.29. The normalized spacial score (nSPS) is 11.2. The summed E-state index contributed by atoms with van der Waals surface area (Å²) in [5.74, 6) is -1.92. The average molecular weight is 256 g/mol. The summed E-state index contributed by atoms with van der Waals surface area (Å²) in [6, 6.07) is 0.912. The summed E-state index contributed by atoms with van der Waals surface area (Å²) in [6.45, 7) is -1.59. The lowest BCUT2D eigenvalue weighted by Crippen LogP contribution is -2.20. The molecule has 0 aliphatic carbocycles. The van der Waals surface area contributed by atoms with Crippen LogP contribution in [0.25, 0.3) is 0 Å². The number of halogens is 4. The Morgan fingerprint density at radius 2 is 2.19 bits per heavy atom. The molecule has 88 valence electrons. The lowest BCUT2D eigenvalue weighted by atomic mass is 10.2. The van der Waals surface area contributed by atoms with Crippen LogP contribution in [-0.2, 0) is 0 Å². The van der Waals surface area contributed by atoms with Crippen LogP contribution in [0.15, 0.2) is 12.3 Å². The minimum atomic E-state index is -4.55. The first kappa shape index (κ1) is 12.6. The summed E-state index contributed by atoms with van der Waals surface area (Å²) in [6.07, 6.45) is -3.72. The van der Waals surface area contributed by atoms with E-state index >= 15 is 0 Å². The van der Waals surface area contributed by atoms with Gasteiger partial charge in [0, 0.05) is 0 Å². The number of pyridine rings is 1. The number of carbonyl (C=O) groups is 1. The molecule has 0 spiro atoms. The van der Waals surface area contributed by atoms with Gasteiger partial charge >= 0.3 is 12.1 Å². The predicted molar refractivity (Wildman–Crippen MR) is 47.8 cm³/mol. The maximum Gasteiger partial charge on any atom is 0.422 e. The molecular weight excluding hydrogens is 251 g/mol. The zero-order valence-corrected chi connectivity index (χ0v) is 8.34. The summed E-state index contributed by atoms with van der Waals surface area (Å²) in [5.41, 5.74) is -0.468. The Morgan fingerprint density at radius 3 is 2.69 bits per heavy atom. The van der Waals surface area contributed by atoms with E-state index in [1.54, 1.807) is 0 Å². The number of aromatic carboxylic acids is 1. The molecule has 0 aliphatic heterocycles. The van der Waals surface area contributed by atoms with E-state index in [0.29, 0.717) is 0 Å². The molecule has 0 aliphatic rings. The number of rotatable bonds is 3. The van der Waals surface area contributed by atoms with Crippen LogP contribution < -0.4 is 4.74 Å². The van der Waals surface area contributed by atoms with Gasteiger partial charge in [-0.2, -0.15) is 13.2 Å². The van der Waals surface area contributed by atoms with Crippen LogP contribution in [0.1, 0.15) is 10.4 Å². The van der Waals surface area contributed by atoms with E-state index in [9.17, 15) is 18.0 Å². The number of carboxylic acid groups (broad SMARTS) is 1. The fourth-order valence-electron chi connectivity index (χ4n) is 0.859. The van der Waals surface area contributed by atoms with Gasteiger partial charge in [0.05, 0.1) is 6.20 Å². The van der Waals surface area contributed by atoms with Gasteiger partial charge in [-0.25, -0.2) is 9.78 Å². The van der Waals surface area contributed by atoms with E-state index in [0.717, 1.165) is 12.3 Å². The molecule has 1 heterocycles. The smallest absolute Gasteiger partial charge is 0.422 e. The molecule has 0 atom stereocenters. The van der Waals surface area contributed by atoms with E-state index < -0.39 is 30.1 Å². The maximum atomic E-state index is 11.8. The molecule has 1 aromatic heterocycles. The molecule has 0 bridgehead atoms. The third-order valence-corrected chi connectivity index (χ3v) is 1.66. The Bertz CT molecular complexity index is 408. The van der Waals surface area contributed by atoms with Crippen molar-refractivity contribution in [2.24, 2.45) is 0 Å². The lowest BCUT2D eigenvalue weighted by Gasteiger charge is -2.10. The Hall–Kier alpha value is -1.50. The minimum absolute atomic E-state index is 0.142. The molecule has 4 nitrogen and oxygen atoms in total. The summed E-state index contributed by atoms with van der Waals surface area (Å²) >= 11 is 5.40. The number of alkyl halides is 3. The lowest BCUT2D eigenvalue weighted by molar-refractivity contribution is -0.153. The SMILES string of the molecule is O=C(O)c1cc(Cl)ncc1OCC(F)(F)F. The van der Waals surface area contributed by atoms with Crippen molar-refractivity contribution in [2.45, 2.75) is 6.18 Å². The molecular formula is C8H5ClF3NO3. The van der Waals surface area contributed by atoms with Crippen molar-refractivity contribution in [2.75, 3.05) is 6.61 Å². The van der Waals surface area contributed by atoms with Gasteiger partial charge in [0.15, 0.2) is 12.4 Å². The van der Waals surface area contributed by atoms with Crippen molar-refractivity contribution in [3.8, 4) is 5.75 Å². The van der Waals surface area contributed by atoms with E-state index in [4.69, 9.17) is 16.7 Å². The molecule has 0 radical (unpaired) electrons. The van der Waals surface area contributed by atoms with Crippen molar-refractivity contribution in [1.82, 2.24) is 4.98 Å². The molecule has 0 saturated heterocycles. The number of hydrogen-bond donors (Lipinski definition) is 1. The third-order valence-electron chi connectivity index (χ3n) is 1.46. The summed E-state index contributed by atoms with van der Waals surface area (Å²) < 4.78 is 39.8. The average Bonchev–Trinajstić information content (AvgIpc) is 2.14. The van der Waals surface area contributed by atoms with Crippen LogP contribution >= 0.6 is 11.6 Å². The van der Waals surface area contributed by atoms with Crippen LogP contribution in [0.4, 0.5) is 13.2 Å². The Morgan fingerprint density at radius 1 is 1.56 bits per heavy atom. The van der Waals surface area contributed by atoms with Crippen LogP contribution in [0.5, 0.6) is 5.75 Å². The molecule has 16 heavy (non-hydrogen) atoms. The molecule has 0 amide bonds. The van der Waals surface area contributed by atoms with E-state index in [-0.39, 0.29) is 5.15 Å². The maximum absolute atomic E-state index is 11.8. The van der Waals surface area contributed by atoms with Crippen LogP contribution in [0, 0.1) is 0 Å². The van der Waals surface area contributed by atoms with Gasteiger partial charge in [-0.1, -0.05) is 11.6 Å². The minimum Gasteiger partial charge on any atom is -0.482 e. The predicted octanol–water partition coefficient (Wildman–Crippen LogP) is 2.37. The van der Waals surface area contributed by atoms with Crippen molar-refractivity contribution in [1.29, 1.82) is 0 Å². The number of ether oxygens (including phenoxy) is 1.